The largest absolute Gasteiger partial charge is 0.458 e. The number of ether oxygens (including phenoxy) is 2. The van der Waals surface area contributed by atoms with E-state index < -0.39 is 10.7 Å². The third kappa shape index (κ3) is 2.28. The van der Waals surface area contributed by atoms with Crippen LogP contribution in [0.15, 0.2) is 22.7 Å². The van der Waals surface area contributed by atoms with Gasteiger partial charge in [-0.25, -0.2) is 0 Å². The summed E-state index contributed by atoms with van der Waals surface area (Å²) in [6.45, 7) is 3.00. The summed E-state index contributed by atoms with van der Waals surface area (Å²) in [5.41, 5.74) is 0. The summed E-state index contributed by atoms with van der Waals surface area (Å²) in [4.78, 5) is 11.1. The lowest BCUT2D eigenvalue weighted by Gasteiger charge is -2.18. The molecule has 0 spiro atoms. The minimum absolute atomic E-state index is 0.198. The van der Waals surface area contributed by atoms with E-state index in [-0.39, 0.29) is 12.4 Å². The SMILES string of the molecule is CC1(c2ccc(Cn3ncc([N+](=O)[O-])n3)o2)OCCO1. The standard InChI is InChI=1S/C11H12N4O5/c1-11(18-4-5-19-11)9-3-2-8(20-9)7-14-12-6-10(13-14)15(16)17/h2-3,6H,4-5,7H2,1H3. The highest BCUT2D eigenvalue weighted by Gasteiger charge is 2.36. The first-order valence-electron chi connectivity index (χ1n) is 5.98. The molecule has 3 heterocycles. The molecule has 3 rings (SSSR count). The predicted molar refractivity (Wildman–Crippen MR) is 63.7 cm³/mol. The van der Waals surface area contributed by atoms with Crippen molar-refractivity contribution in [2.24, 2.45) is 0 Å². The van der Waals surface area contributed by atoms with Crippen LogP contribution in [0.2, 0.25) is 0 Å². The van der Waals surface area contributed by atoms with Crippen LogP contribution in [0, 0.1) is 10.1 Å². The van der Waals surface area contributed by atoms with Crippen molar-refractivity contribution in [3.63, 3.8) is 0 Å². The second-order valence-electron chi connectivity index (χ2n) is 4.40. The van der Waals surface area contributed by atoms with Crippen molar-refractivity contribution in [3.8, 4) is 0 Å². The normalized spacial score (nSPS) is 17.4. The molecule has 1 saturated heterocycles. The Morgan fingerprint density at radius 3 is 2.85 bits per heavy atom. The van der Waals surface area contributed by atoms with Crippen molar-refractivity contribution in [2.75, 3.05) is 13.2 Å². The van der Waals surface area contributed by atoms with E-state index in [9.17, 15) is 10.1 Å². The lowest BCUT2D eigenvalue weighted by atomic mass is 10.2. The van der Waals surface area contributed by atoms with Gasteiger partial charge in [0.25, 0.3) is 0 Å². The van der Waals surface area contributed by atoms with Crippen molar-refractivity contribution in [1.29, 1.82) is 0 Å². The maximum absolute atomic E-state index is 10.5. The number of nitrogens with zero attached hydrogens (tertiary/aromatic N) is 4. The first kappa shape index (κ1) is 12.8. The molecular formula is C11H12N4O5. The van der Waals surface area contributed by atoms with Crippen molar-refractivity contribution >= 4 is 5.82 Å². The van der Waals surface area contributed by atoms with Gasteiger partial charge in [0.2, 0.25) is 5.79 Å². The molecule has 2 aromatic rings. The zero-order valence-electron chi connectivity index (χ0n) is 10.7. The smallest absolute Gasteiger partial charge is 0.410 e. The van der Waals surface area contributed by atoms with Crippen LogP contribution in [0.25, 0.3) is 0 Å². The highest BCUT2D eigenvalue weighted by Crippen LogP contribution is 2.32. The molecule has 0 saturated carbocycles. The molecule has 0 amide bonds. The number of nitro groups is 1. The Morgan fingerprint density at radius 2 is 2.20 bits per heavy atom. The number of furan rings is 1. The van der Waals surface area contributed by atoms with Gasteiger partial charge in [-0.05, 0) is 24.0 Å². The second-order valence-corrected chi connectivity index (χ2v) is 4.40. The first-order chi connectivity index (χ1) is 9.57. The molecule has 0 aliphatic carbocycles. The number of rotatable bonds is 4. The van der Waals surface area contributed by atoms with E-state index in [1.165, 1.54) is 4.80 Å². The molecule has 1 fully saturated rings. The van der Waals surface area contributed by atoms with E-state index >= 15 is 0 Å². The molecule has 9 heteroatoms. The molecule has 0 unspecified atom stereocenters. The lowest BCUT2D eigenvalue weighted by molar-refractivity contribution is -0.389. The lowest BCUT2D eigenvalue weighted by Crippen LogP contribution is -2.21. The summed E-state index contributed by atoms with van der Waals surface area (Å²) in [5.74, 6) is -0.0643. The Balaban J connectivity index is 1.75. The van der Waals surface area contributed by atoms with Gasteiger partial charge < -0.3 is 24.0 Å². The van der Waals surface area contributed by atoms with Gasteiger partial charge in [0, 0.05) is 0 Å². The summed E-state index contributed by atoms with van der Waals surface area (Å²) >= 11 is 0. The molecule has 0 aromatic carbocycles. The summed E-state index contributed by atoms with van der Waals surface area (Å²) < 4.78 is 16.6. The Labute approximate surface area is 113 Å². The number of aromatic nitrogens is 3. The Morgan fingerprint density at radius 1 is 1.45 bits per heavy atom. The third-order valence-corrected chi connectivity index (χ3v) is 2.96. The van der Waals surface area contributed by atoms with E-state index in [0.717, 1.165) is 6.20 Å². The maximum atomic E-state index is 10.5. The fourth-order valence-corrected chi connectivity index (χ4v) is 1.95. The topological polar surface area (TPSA) is 105 Å². The van der Waals surface area contributed by atoms with Crippen LogP contribution in [-0.4, -0.2) is 33.1 Å². The summed E-state index contributed by atoms with van der Waals surface area (Å²) in [6, 6.07) is 3.49. The van der Waals surface area contributed by atoms with Gasteiger partial charge in [0.15, 0.2) is 12.0 Å². The molecule has 0 N–H and O–H groups in total. The Hall–Kier alpha value is -2.26. The zero-order valence-corrected chi connectivity index (χ0v) is 10.7. The summed E-state index contributed by atoms with van der Waals surface area (Å²) in [6.07, 6.45) is 1.09. The molecule has 2 aromatic heterocycles. The summed E-state index contributed by atoms with van der Waals surface area (Å²) in [7, 11) is 0. The van der Waals surface area contributed by atoms with Crippen LogP contribution >= 0.6 is 0 Å². The van der Waals surface area contributed by atoms with Crippen molar-refractivity contribution in [1.82, 2.24) is 15.0 Å². The van der Waals surface area contributed by atoms with E-state index in [0.29, 0.717) is 24.7 Å². The zero-order chi connectivity index (χ0) is 14.2. The second kappa shape index (κ2) is 4.69. The molecule has 1 aliphatic heterocycles. The van der Waals surface area contributed by atoms with E-state index in [1.807, 2.05) is 0 Å². The van der Waals surface area contributed by atoms with E-state index in [1.54, 1.807) is 19.1 Å². The first-order valence-corrected chi connectivity index (χ1v) is 5.98. The van der Waals surface area contributed by atoms with Gasteiger partial charge in [-0.15, -0.1) is 5.10 Å². The molecule has 9 nitrogen and oxygen atoms in total. The maximum Gasteiger partial charge on any atom is 0.410 e. The van der Waals surface area contributed by atoms with Crippen molar-refractivity contribution in [3.05, 3.63) is 40.0 Å². The van der Waals surface area contributed by atoms with Crippen molar-refractivity contribution in [2.45, 2.75) is 19.3 Å². The highest BCUT2D eigenvalue weighted by atomic mass is 16.7. The average Bonchev–Trinajstić information content (AvgIpc) is 3.10. The van der Waals surface area contributed by atoms with Gasteiger partial charge in [0.1, 0.15) is 12.3 Å². The predicted octanol–water partition coefficient (Wildman–Crippen LogP) is 1.05. The van der Waals surface area contributed by atoms with Crippen LogP contribution < -0.4 is 0 Å². The van der Waals surface area contributed by atoms with E-state index in [2.05, 4.69) is 10.2 Å². The third-order valence-electron chi connectivity index (χ3n) is 2.96. The van der Waals surface area contributed by atoms with Crippen molar-refractivity contribution < 1.29 is 18.8 Å². The van der Waals surface area contributed by atoms with Gasteiger partial charge in [-0.2, -0.15) is 0 Å². The Bertz CT molecular complexity index is 628. The van der Waals surface area contributed by atoms with E-state index in [4.69, 9.17) is 13.9 Å². The van der Waals surface area contributed by atoms with Crippen LogP contribution in [-0.2, 0) is 21.8 Å². The van der Waals surface area contributed by atoms with Gasteiger partial charge >= 0.3 is 5.82 Å². The molecule has 0 bridgehead atoms. The fraction of sp³-hybridized carbons (Fsp3) is 0.455. The molecular weight excluding hydrogens is 268 g/mol. The number of hydrogen-bond donors (Lipinski definition) is 0. The fourth-order valence-electron chi connectivity index (χ4n) is 1.95. The minimum atomic E-state index is -0.873. The van der Waals surface area contributed by atoms with Crippen LogP contribution in [0.5, 0.6) is 0 Å². The number of hydrogen-bond acceptors (Lipinski definition) is 7. The minimum Gasteiger partial charge on any atom is -0.458 e. The molecule has 0 atom stereocenters. The monoisotopic (exact) mass is 280 g/mol. The molecule has 1 aliphatic rings. The Kier molecular flexibility index (Phi) is 2.99. The molecule has 20 heavy (non-hydrogen) atoms. The van der Waals surface area contributed by atoms with Gasteiger partial charge in [-0.1, -0.05) is 4.80 Å². The van der Waals surface area contributed by atoms with Crippen LogP contribution in [0.3, 0.4) is 0 Å². The van der Waals surface area contributed by atoms with Gasteiger partial charge in [0.05, 0.1) is 18.3 Å². The van der Waals surface area contributed by atoms with Gasteiger partial charge in [-0.3, -0.25) is 0 Å². The highest BCUT2D eigenvalue weighted by molar-refractivity contribution is 5.13. The average molecular weight is 280 g/mol. The van der Waals surface area contributed by atoms with Crippen LogP contribution in [0.4, 0.5) is 5.82 Å². The quantitative estimate of drug-likeness (QED) is 0.608. The molecule has 106 valence electrons. The van der Waals surface area contributed by atoms with Crippen LogP contribution in [0.1, 0.15) is 18.4 Å². The molecule has 0 radical (unpaired) electrons. The summed E-state index contributed by atoms with van der Waals surface area (Å²) in [5, 5.41) is 18.0.